The maximum Gasteiger partial charge on any atom is 0.222 e. The van der Waals surface area contributed by atoms with Crippen molar-refractivity contribution in [3.63, 3.8) is 0 Å². The number of hydrogen-bond donors (Lipinski definition) is 2. The van der Waals surface area contributed by atoms with Crippen LogP contribution in [0.5, 0.6) is 0 Å². The Morgan fingerprint density at radius 3 is 2.55 bits per heavy atom. The molecule has 7 heteroatoms. The number of nitrogens with one attached hydrogen (secondary N) is 2. The van der Waals surface area contributed by atoms with Crippen LogP contribution in [0.15, 0.2) is 4.99 Å². The number of rotatable bonds is 5. The Bertz CT molecular complexity index is 384. The van der Waals surface area contributed by atoms with E-state index in [-0.39, 0.29) is 41.5 Å². The molecule has 0 aromatic heterocycles. The van der Waals surface area contributed by atoms with Crippen LogP contribution in [0.2, 0.25) is 0 Å². The van der Waals surface area contributed by atoms with Crippen LogP contribution in [-0.2, 0) is 4.79 Å². The van der Waals surface area contributed by atoms with Gasteiger partial charge in [-0.15, -0.1) is 24.0 Å². The monoisotopic (exact) mass is 425 g/mol. The van der Waals surface area contributed by atoms with Crippen molar-refractivity contribution in [1.29, 1.82) is 0 Å². The van der Waals surface area contributed by atoms with E-state index < -0.39 is 0 Å². The smallest absolute Gasteiger partial charge is 0.222 e. The summed E-state index contributed by atoms with van der Waals surface area (Å²) in [5.74, 6) is 1.04. The van der Waals surface area contributed by atoms with Gasteiger partial charge in [-0.1, -0.05) is 6.92 Å². The molecule has 2 N–H and O–H groups in total. The van der Waals surface area contributed by atoms with Crippen molar-refractivity contribution in [2.75, 3.05) is 40.8 Å². The van der Waals surface area contributed by atoms with E-state index in [1.165, 1.54) is 0 Å². The predicted molar refractivity (Wildman–Crippen MR) is 103 cm³/mol. The largest absolute Gasteiger partial charge is 0.355 e. The van der Waals surface area contributed by atoms with Crippen molar-refractivity contribution in [3.05, 3.63) is 0 Å². The number of carbonyl (C=O) groups is 1. The zero-order valence-electron chi connectivity index (χ0n) is 14.8. The molecule has 1 saturated heterocycles. The summed E-state index contributed by atoms with van der Waals surface area (Å²) in [7, 11) is 5.92. The number of hydrogen-bond acceptors (Lipinski definition) is 3. The van der Waals surface area contributed by atoms with Crippen molar-refractivity contribution in [3.8, 4) is 0 Å². The lowest BCUT2D eigenvalue weighted by atomic mass is 10.0. The van der Waals surface area contributed by atoms with Gasteiger partial charge in [0.15, 0.2) is 5.96 Å². The molecule has 1 aliphatic rings. The topological polar surface area (TPSA) is 60.0 Å². The first-order valence-corrected chi connectivity index (χ1v) is 7.72. The van der Waals surface area contributed by atoms with Crippen molar-refractivity contribution < 1.29 is 4.79 Å². The van der Waals surface area contributed by atoms with Crippen molar-refractivity contribution in [1.82, 2.24) is 20.4 Å². The lowest BCUT2D eigenvalue weighted by molar-refractivity contribution is -0.129. The van der Waals surface area contributed by atoms with Gasteiger partial charge in [0, 0.05) is 44.7 Å². The Kier molecular flexibility index (Phi) is 9.30. The molecule has 0 spiro atoms. The number of halogens is 1. The highest BCUT2D eigenvalue weighted by Gasteiger charge is 2.26. The van der Waals surface area contributed by atoms with Gasteiger partial charge in [0.1, 0.15) is 0 Å². The number of guanidine groups is 1. The zero-order chi connectivity index (χ0) is 16.0. The van der Waals surface area contributed by atoms with Gasteiger partial charge in [-0.05, 0) is 34.4 Å². The minimum atomic E-state index is 0. The first-order valence-electron chi connectivity index (χ1n) is 7.72. The molecule has 1 atom stereocenters. The van der Waals surface area contributed by atoms with E-state index >= 15 is 0 Å². The number of aliphatic imine (C=N–C) groups is 1. The van der Waals surface area contributed by atoms with Gasteiger partial charge in [-0.3, -0.25) is 9.79 Å². The molecule has 130 valence electrons. The molecule has 0 aromatic rings. The van der Waals surface area contributed by atoms with Gasteiger partial charge in [0.05, 0.1) is 0 Å². The fourth-order valence-electron chi connectivity index (χ4n) is 2.17. The Morgan fingerprint density at radius 2 is 2.05 bits per heavy atom. The molecule has 1 aliphatic heterocycles. The normalized spacial score (nSPS) is 19.1. The molecule has 0 aromatic carbocycles. The summed E-state index contributed by atoms with van der Waals surface area (Å²) in [5.41, 5.74) is 0.0531. The van der Waals surface area contributed by atoms with Gasteiger partial charge in [0.25, 0.3) is 0 Å². The minimum absolute atomic E-state index is 0. The number of likely N-dealkylation sites (tertiary alicyclic amines) is 1. The third-order valence-corrected chi connectivity index (χ3v) is 4.31. The summed E-state index contributed by atoms with van der Waals surface area (Å²) in [5, 5.41) is 6.78. The quantitative estimate of drug-likeness (QED) is 0.394. The molecular formula is C15H32IN5O. The minimum Gasteiger partial charge on any atom is -0.355 e. The van der Waals surface area contributed by atoms with Gasteiger partial charge in [0.2, 0.25) is 5.91 Å². The number of amides is 1. The highest BCUT2D eigenvalue weighted by atomic mass is 127. The lowest BCUT2D eigenvalue weighted by Crippen LogP contribution is -2.52. The lowest BCUT2D eigenvalue weighted by Gasteiger charge is -2.33. The maximum atomic E-state index is 11.7. The molecule has 1 fully saturated rings. The Morgan fingerprint density at radius 1 is 1.41 bits per heavy atom. The second-order valence-electron chi connectivity index (χ2n) is 6.46. The summed E-state index contributed by atoms with van der Waals surface area (Å²) >= 11 is 0. The van der Waals surface area contributed by atoms with Crippen LogP contribution in [0.1, 0.15) is 33.6 Å². The van der Waals surface area contributed by atoms with Crippen molar-refractivity contribution in [2.45, 2.75) is 45.2 Å². The first-order chi connectivity index (χ1) is 9.80. The highest BCUT2D eigenvalue weighted by molar-refractivity contribution is 14.0. The second-order valence-corrected chi connectivity index (χ2v) is 6.46. The summed E-state index contributed by atoms with van der Waals surface area (Å²) < 4.78 is 0. The molecule has 1 unspecified atom stereocenters. The van der Waals surface area contributed by atoms with E-state index in [4.69, 9.17) is 0 Å². The van der Waals surface area contributed by atoms with E-state index in [9.17, 15) is 4.79 Å². The van der Waals surface area contributed by atoms with E-state index in [0.717, 1.165) is 32.0 Å². The van der Waals surface area contributed by atoms with Gasteiger partial charge >= 0.3 is 0 Å². The number of nitrogens with zero attached hydrogens (tertiary/aromatic N) is 3. The van der Waals surface area contributed by atoms with Crippen LogP contribution in [0.25, 0.3) is 0 Å². The SMILES string of the molecule is CCC(=O)N1CCC(NC(=NC)NCC(C)(C)N(C)C)C1.I. The first kappa shape index (κ1) is 21.4. The van der Waals surface area contributed by atoms with Crippen molar-refractivity contribution >= 4 is 35.8 Å². The van der Waals surface area contributed by atoms with E-state index in [2.05, 4.69) is 48.5 Å². The summed E-state index contributed by atoms with van der Waals surface area (Å²) in [6.45, 7) is 8.70. The Balaban J connectivity index is 0.00000441. The molecule has 1 heterocycles. The molecule has 22 heavy (non-hydrogen) atoms. The molecular weight excluding hydrogens is 393 g/mol. The van der Waals surface area contributed by atoms with Crippen LogP contribution < -0.4 is 10.6 Å². The summed E-state index contributed by atoms with van der Waals surface area (Å²) in [4.78, 5) is 20.1. The fourth-order valence-corrected chi connectivity index (χ4v) is 2.17. The van der Waals surface area contributed by atoms with Crippen LogP contribution >= 0.6 is 24.0 Å². The maximum absolute atomic E-state index is 11.7. The fraction of sp³-hybridized carbons (Fsp3) is 0.867. The van der Waals surface area contributed by atoms with Gasteiger partial charge in [-0.25, -0.2) is 0 Å². The standard InChI is InChI=1S/C15H31N5O.HI/c1-7-13(21)20-9-8-12(10-20)18-14(16-4)17-11-15(2,3)19(5)6;/h12H,7-11H2,1-6H3,(H2,16,17,18);1H. The third kappa shape index (κ3) is 6.28. The van der Waals surface area contributed by atoms with E-state index in [1.807, 2.05) is 11.8 Å². The number of carbonyl (C=O) groups excluding carboxylic acids is 1. The van der Waals surface area contributed by atoms with Gasteiger partial charge in [-0.2, -0.15) is 0 Å². The molecule has 0 saturated carbocycles. The molecule has 0 bridgehead atoms. The average Bonchev–Trinajstić information content (AvgIpc) is 2.90. The molecule has 0 radical (unpaired) electrons. The Labute approximate surface area is 152 Å². The van der Waals surface area contributed by atoms with Crippen LogP contribution in [0, 0.1) is 0 Å². The summed E-state index contributed by atoms with van der Waals surface area (Å²) in [6, 6.07) is 0.286. The molecule has 0 aliphatic carbocycles. The Hall–Kier alpha value is -0.570. The van der Waals surface area contributed by atoms with Crippen LogP contribution in [0.3, 0.4) is 0 Å². The molecule has 1 amide bonds. The molecule has 6 nitrogen and oxygen atoms in total. The average molecular weight is 425 g/mol. The predicted octanol–water partition coefficient (Wildman–Crippen LogP) is 1.12. The highest BCUT2D eigenvalue weighted by Crippen LogP contribution is 2.11. The van der Waals surface area contributed by atoms with Crippen LogP contribution in [0.4, 0.5) is 0 Å². The second kappa shape index (κ2) is 9.54. The molecule has 1 rings (SSSR count). The van der Waals surface area contributed by atoms with E-state index in [0.29, 0.717) is 6.42 Å². The zero-order valence-corrected chi connectivity index (χ0v) is 17.1. The van der Waals surface area contributed by atoms with Crippen molar-refractivity contribution in [2.24, 2.45) is 4.99 Å². The van der Waals surface area contributed by atoms with Crippen LogP contribution in [-0.4, -0.2) is 74.0 Å². The summed E-state index contributed by atoms with van der Waals surface area (Å²) in [6.07, 6.45) is 1.56. The van der Waals surface area contributed by atoms with Gasteiger partial charge < -0.3 is 20.4 Å². The number of likely N-dealkylation sites (N-methyl/N-ethyl adjacent to an activating group) is 1. The third-order valence-electron chi connectivity index (χ3n) is 4.31. The van der Waals surface area contributed by atoms with E-state index in [1.54, 1.807) is 7.05 Å².